The Morgan fingerprint density at radius 1 is 1.26 bits per heavy atom. The Hall–Kier alpha value is -1.000. The molecular weight excluding hydrogens is 285 g/mol. The highest BCUT2D eigenvalue weighted by atomic mass is 35.5. The molecule has 19 heavy (non-hydrogen) atoms. The Labute approximate surface area is 122 Å². The van der Waals surface area contributed by atoms with Crippen LogP contribution in [0.5, 0.6) is 0 Å². The lowest BCUT2D eigenvalue weighted by Gasteiger charge is -2.20. The zero-order chi connectivity index (χ0) is 13.8. The summed E-state index contributed by atoms with van der Waals surface area (Å²) in [4.78, 5) is 0. The molecule has 0 radical (unpaired) electrons. The summed E-state index contributed by atoms with van der Waals surface area (Å²) in [6.07, 6.45) is 1.58. The molecule has 0 bridgehead atoms. The van der Waals surface area contributed by atoms with E-state index in [0.717, 1.165) is 5.56 Å². The topological polar surface area (TPSA) is 45.4 Å². The van der Waals surface area contributed by atoms with Gasteiger partial charge in [-0.05, 0) is 42.8 Å². The van der Waals surface area contributed by atoms with Crippen LogP contribution in [-0.2, 0) is 0 Å². The average molecular weight is 300 g/mol. The third-order valence-electron chi connectivity index (χ3n) is 2.91. The maximum absolute atomic E-state index is 9.43. The van der Waals surface area contributed by atoms with E-state index in [-0.39, 0.29) is 18.7 Å². The van der Waals surface area contributed by atoms with Crippen LogP contribution < -0.4 is 5.32 Å². The molecule has 1 aromatic heterocycles. The first kappa shape index (κ1) is 14.4. The monoisotopic (exact) mass is 299 g/mol. The Balaban J connectivity index is 2.13. The fourth-order valence-corrected chi connectivity index (χ4v) is 2.48. The second-order valence-corrected chi connectivity index (χ2v) is 5.21. The van der Waals surface area contributed by atoms with Gasteiger partial charge in [0.1, 0.15) is 5.76 Å². The molecule has 3 nitrogen and oxygen atoms in total. The number of nitrogens with one attached hydrogen (secondary N) is 1. The van der Waals surface area contributed by atoms with E-state index in [4.69, 9.17) is 27.6 Å². The van der Waals surface area contributed by atoms with Gasteiger partial charge in [-0.25, -0.2) is 0 Å². The van der Waals surface area contributed by atoms with E-state index >= 15 is 0 Å². The van der Waals surface area contributed by atoms with Crippen LogP contribution in [0.15, 0.2) is 41.0 Å². The Morgan fingerprint density at radius 2 is 1.95 bits per heavy atom. The molecule has 0 amide bonds. The minimum Gasteiger partial charge on any atom is -0.468 e. The molecule has 0 saturated carbocycles. The zero-order valence-electron chi connectivity index (χ0n) is 10.4. The highest BCUT2D eigenvalue weighted by Crippen LogP contribution is 2.25. The Morgan fingerprint density at radius 3 is 2.47 bits per heavy atom. The first-order valence-electron chi connectivity index (χ1n) is 5.96. The Kier molecular flexibility index (Phi) is 4.88. The van der Waals surface area contributed by atoms with E-state index in [0.29, 0.717) is 15.8 Å². The molecule has 0 fully saturated rings. The van der Waals surface area contributed by atoms with E-state index in [1.807, 2.05) is 25.1 Å². The van der Waals surface area contributed by atoms with Crippen molar-refractivity contribution in [1.82, 2.24) is 5.32 Å². The van der Waals surface area contributed by atoms with Gasteiger partial charge in [0.2, 0.25) is 0 Å². The molecule has 0 aliphatic heterocycles. The van der Waals surface area contributed by atoms with Gasteiger partial charge in [0.15, 0.2) is 0 Å². The summed E-state index contributed by atoms with van der Waals surface area (Å²) in [5.41, 5.74) is 0.961. The second-order valence-electron chi connectivity index (χ2n) is 4.34. The first-order valence-corrected chi connectivity index (χ1v) is 6.72. The molecule has 0 aliphatic rings. The molecule has 102 valence electrons. The van der Waals surface area contributed by atoms with Gasteiger partial charge < -0.3 is 9.52 Å². The van der Waals surface area contributed by atoms with Crippen LogP contribution in [0, 0.1) is 0 Å². The molecule has 1 aromatic carbocycles. The van der Waals surface area contributed by atoms with Gasteiger partial charge in [-0.15, -0.1) is 0 Å². The third kappa shape index (κ3) is 3.74. The smallest absolute Gasteiger partial charge is 0.123 e. The van der Waals surface area contributed by atoms with Crippen LogP contribution in [-0.4, -0.2) is 11.7 Å². The molecule has 1 heterocycles. The van der Waals surface area contributed by atoms with E-state index < -0.39 is 0 Å². The van der Waals surface area contributed by atoms with Crippen LogP contribution in [0.3, 0.4) is 0 Å². The predicted octanol–water partition coefficient (Wildman–Crippen LogP) is 3.97. The average Bonchev–Trinajstić information content (AvgIpc) is 2.88. The standard InChI is InChI=1S/C14H15Cl2NO2/c1-9(10-5-11(15)7-12(16)6-10)17-13(8-18)14-3-2-4-19-14/h2-7,9,13,17-18H,8H2,1H3. The number of furan rings is 1. The SMILES string of the molecule is CC(NC(CO)c1ccco1)c1cc(Cl)cc(Cl)c1. The summed E-state index contributed by atoms with van der Waals surface area (Å²) in [6, 6.07) is 8.73. The number of halogens is 2. The molecule has 0 saturated heterocycles. The van der Waals surface area contributed by atoms with Gasteiger partial charge in [0, 0.05) is 16.1 Å². The fourth-order valence-electron chi connectivity index (χ4n) is 1.94. The van der Waals surface area contributed by atoms with Crippen LogP contribution in [0.4, 0.5) is 0 Å². The summed E-state index contributed by atoms with van der Waals surface area (Å²) < 4.78 is 5.30. The summed E-state index contributed by atoms with van der Waals surface area (Å²) in [5, 5.41) is 13.9. The van der Waals surface area contributed by atoms with Gasteiger partial charge in [-0.2, -0.15) is 0 Å². The summed E-state index contributed by atoms with van der Waals surface area (Å²) >= 11 is 12.0. The molecule has 0 spiro atoms. The lowest BCUT2D eigenvalue weighted by Crippen LogP contribution is -2.27. The van der Waals surface area contributed by atoms with Crippen LogP contribution in [0.2, 0.25) is 10.0 Å². The third-order valence-corrected chi connectivity index (χ3v) is 3.34. The predicted molar refractivity (Wildman–Crippen MR) is 76.5 cm³/mol. The maximum atomic E-state index is 9.43. The lowest BCUT2D eigenvalue weighted by atomic mass is 10.1. The Bertz CT molecular complexity index is 508. The van der Waals surface area contributed by atoms with Crippen molar-refractivity contribution in [1.29, 1.82) is 0 Å². The number of aliphatic hydroxyl groups is 1. The molecular formula is C14H15Cl2NO2. The summed E-state index contributed by atoms with van der Waals surface area (Å²) in [7, 11) is 0. The minimum atomic E-state index is -0.261. The first-order chi connectivity index (χ1) is 9.10. The van der Waals surface area contributed by atoms with Gasteiger partial charge in [-0.3, -0.25) is 5.32 Å². The quantitative estimate of drug-likeness (QED) is 0.878. The van der Waals surface area contributed by atoms with E-state index in [2.05, 4.69) is 5.32 Å². The molecule has 2 N–H and O–H groups in total. The number of aliphatic hydroxyl groups excluding tert-OH is 1. The van der Waals surface area contributed by atoms with E-state index in [1.165, 1.54) is 0 Å². The van der Waals surface area contributed by atoms with Crippen molar-refractivity contribution >= 4 is 23.2 Å². The van der Waals surface area contributed by atoms with Crippen LogP contribution in [0.1, 0.15) is 30.3 Å². The van der Waals surface area contributed by atoms with Crippen molar-refractivity contribution < 1.29 is 9.52 Å². The van der Waals surface area contributed by atoms with Crippen molar-refractivity contribution in [2.45, 2.75) is 19.0 Å². The number of rotatable bonds is 5. The fraction of sp³-hybridized carbons (Fsp3) is 0.286. The van der Waals surface area contributed by atoms with Gasteiger partial charge in [0.05, 0.1) is 18.9 Å². The number of hydrogen-bond acceptors (Lipinski definition) is 3. The number of hydrogen-bond donors (Lipinski definition) is 2. The van der Waals surface area contributed by atoms with Gasteiger partial charge >= 0.3 is 0 Å². The highest BCUT2D eigenvalue weighted by molar-refractivity contribution is 6.34. The van der Waals surface area contributed by atoms with Gasteiger partial charge in [-0.1, -0.05) is 23.2 Å². The molecule has 0 aliphatic carbocycles. The van der Waals surface area contributed by atoms with Crippen molar-refractivity contribution in [3.63, 3.8) is 0 Å². The molecule has 2 aromatic rings. The lowest BCUT2D eigenvalue weighted by molar-refractivity contribution is 0.217. The normalized spacial score (nSPS) is 14.3. The van der Waals surface area contributed by atoms with Crippen molar-refractivity contribution in [3.05, 3.63) is 58.0 Å². The molecule has 5 heteroatoms. The van der Waals surface area contributed by atoms with Gasteiger partial charge in [0.25, 0.3) is 0 Å². The van der Waals surface area contributed by atoms with E-state index in [9.17, 15) is 5.11 Å². The van der Waals surface area contributed by atoms with Crippen LogP contribution >= 0.6 is 23.2 Å². The minimum absolute atomic E-state index is 0.0153. The summed E-state index contributed by atoms with van der Waals surface area (Å²) in [6.45, 7) is 1.93. The molecule has 2 unspecified atom stereocenters. The largest absolute Gasteiger partial charge is 0.468 e. The second kappa shape index (κ2) is 6.44. The van der Waals surface area contributed by atoms with Crippen molar-refractivity contribution in [2.75, 3.05) is 6.61 Å². The summed E-state index contributed by atoms with van der Waals surface area (Å²) in [5.74, 6) is 0.697. The van der Waals surface area contributed by atoms with E-state index in [1.54, 1.807) is 18.4 Å². The molecule has 2 rings (SSSR count). The van der Waals surface area contributed by atoms with Crippen LogP contribution in [0.25, 0.3) is 0 Å². The highest BCUT2D eigenvalue weighted by Gasteiger charge is 2.17. The zero-order valence-corrected chi connectivity index (χ0v) is 11.9. The molecule has 2 atom stereocenters. The number of benzene rings is 1. The van der Waals surface area contributed by atoms with Crippen molar-refractivity contribution in [3.8, 4) is 0 Å². The van der Waals surface area contributed by atoms with Crippen molar-refractivity contribution in [2.24, 2.45) is 0 Å². The maximum Gasteiger partial charge on any atom is 0.123 e.